The number of carbonyl (C=O) groups excluding carboxylic acids is 1. The van der Waals surface area contributed by atoms with Gasteiger partial charge >= 0.3 is 5.97 Å². The van der Waals surface area contributed by atoms with E-state index >= 15 is 0 Å². The zero-order valence-electron chi connectivity index (χ0n) is 14.5. The Labute approximate surface area is 146 Å². The quantitative estimate of drug-likeness (QED) is 0.870. The maximum Gasteiger partial charge on any atom is 0.313 e. The van der Waals surface area contributed by atoms with Gasteiger partial charge in [-0.3, -0.25) is 14.3 Å². The highest BCUT2D eigenvalue weighted by Gasteiger charge is 2.29. The Hall–Kier alpha value is -2.63. The average Bonchev–Trinajstić information content (AvgIpc) is 3.26. The number of carboxylic acids is 1. The van der Waals surface area contributed by atoms with Crippen molar-refractivity contribution in [2.24, 2.45) is 0 Å². The van der Waals surface area contributed by atoms with E-state index in [1.165, 1.54) is 12.8 Å². The molecule has 3 rings (SSSR count). The molecule has 1 aliphatic rings. The molecule has 0 radical (unpaired) electrons. The minimum atomic E-state index is -0.969. The van der Waals surface area contributed by atoms with Gasteiger partial charge in [0.05, 0.1) is 11.5 Å². The lowest BCUT2D eigenvalue weighted by molar-refractivity contribution is -0.142. The van der Waals surface area contributed by atoms with E-state index < -0.39 is 11.4 Å². The first-order chi connectivity index (χ1) is 11.9. The monoisotopic (exact) mass is 341 g/mol. The molecule has 0 saturated heterocycles. The summed E-state index contributed by atoms with van der Waals surface area (Å²) in [4.78, 5) is 23.9. The molecule has 0 bridgehead atoms. The van der Waals surface area contributed by atoms with E-state index in [0.29, 0.717) is 23.0 Å². The Balaban J connectivity index is 1.74. The second-order valence-electron chi connectivity index (χ2n) is 7.06. The third-order valence-electron chi connectivity index (χ3n) is 4.97. The van der Waals surface area contributed by atoms with Crippen LogP contribution in [-0.2, 0) is 10.2 Å². The van der Waals surface area contributed by atoms with E-state index in [0.717, 1.165) is 12.8 Å². The van der Waals surface area contributed by atoms with Crippen molar-refractivity contribution >= 4 is 17.6 Å². The number of nitrogens with one attached hydrogen (secondary N) is 1. The molecule has 1 aliphatic carbocycles. The molecule has 6 heteroatoms. The van der Waals surface area contributed by atoms with E-state index in [4.69, 9.17) is 0 Å². The number of carboxylic acid groups (broad SMARTS) is 1. The highest BCUT2D eigenvalue weighted by molar-refractivity contribution is 6.03. The molecule has 1 aromatic carbocycles. The molecule has 0 atom stereocenters. The lowest BCUT2D eigenvalue weighted by Gasteiger charge is -2.20. The van der Waals surface area contributed by atoms with Gasteiger partial charge in [-0.1, -0.05) is 25.0 Å². The maximum absolute atomic E-state index is 12.6. The van der Waals surface area contributed by atoms with Crippen LogP contribution in [0, 0.1) is 0 Å². The topological polar surface area (TPSA) is 84.2 Å². The predicted molar refractivity (Wildman–Crippen MR) is 94.8 cm³/mol. The summed E-state index contributed by atoms with van der Waals surface area (Å²) < 4.78 is 1.82. The summed E-state index contributed by atoms with van der Waals surface area (Å²) in [7, 11) is 0. The average molecular weight is 341 g/mol. The van der Waals surface area contributed by atoms with Crippen molar-refractivity contribution in [3.8, 4) is 0 Å². The van der Waals surface area contributed by atoms with Crippen LogP contribution in [0.2, 0.25) is 0 Å². The summed E-state index contributed by atoms with van der Waals surface area (Å²) in [6, 6.07) is 8.96. The van der Waals surface area contributed by atoms with Crippen molar-refractivity contribution in [3.63, 3.8) is 0 Å². The molecule has 132 valence electrons. The zero-order valence-corrected chi connectivity index (χ0v) is 14.5. The first-order valence-corrected chi connectivity index (χ1v) is 8.58. The van der Waals surface area contributed by atoms with E-state index in [1.807, 2.05) is 4.68 Å². The minimum absolute atomic E-state index is 0.199. The van der Waals surface area contributed by atoms with Crippen molar-refractivity contribution in [1.29, 1.82) is 0 Å². The van der Waals surface area contributed by atoms with Gasteiger partial charge in [0.25, 0.3) is 5.91 Å². The number of anilines is 1. The molecule has 1 amide bonds. The molecular weight excluding hydrogens is 318 g/mol. The number of amides is 1. The molecule has 6 nitrogen and oxygen atoms in total. The van der Waals surface area contributed by atoms with E-state index in [9.17, 15) is 14.7 Å². The summed E-state index contributed by atoms with van der Waals surface area (Å²) in [5, 5.41) is 16.5. The maximum atomic E-state index is 12.6. The molecule has 1 fully saturated rings. The molecule has 25 heavy (non-hydrogen) atoms. The normalized spacial score (nSPS) is 15.3. The van der Waals surface area contributed by atoms with Gasteiger partial charge in [-0.05, 0) is 50.5 Å². The number of hydrogen-bond donors (Lipinski definition) is 2. The van der Waals surface area contributed by atoms with Crippen molar-refractivity contribution in [1.82, 2.24) is 9.78 Å². The van der Waals surface area contributed by atoms with Gasteiger partial charge in [-0.15, -0.1) is 0 Å². The number of aliphatic carboxylic acids is 1. The van der Waals surface area contributed by atoms with E-state index in [2.05, 4.69) is 10.4 Å². The Morgan fingerprint density at radius 3 is 2.40 bits per heavy atom. The number of nitrogens with zero attached hydrogens (tertiary/aromatic N) is 2. The highest BCUT2D eigenvalue weighted by Crippen LogP contribution is 2.30. The Kier molecular flexibility index (Phi) is 4.61. The fourth-order valence-corrected chi connectivity index (χ4v) is 3.22. The number of hydrogen-bond acceptors (Lipinski definition) is 3. The molecule has 0 aliphatic heterocycles. The predicted octanol–water partition coefficient (Wildman–Crippen LogP) is 3.61. The van der Waals surface area contributed by atoms with Crippen LogP contribution >= 0.6 is 0 Å². The highest BCUT2D eigenvalue weighted by atomic mass is 16.4. The summed E-state index contributed by atoms with van der Waals surface area (Å²) in [6.07, 6.45) is 6.12. The van der Waals surface area contributed by atoms with Gasteiger partial charge in [-0.25, -0.2) is 0 Å². The van der Waals surface area contributed by atoms with Crippen LogP contribution < -0.4 is 5.32 Å². The molecule has 1 saturated carbocycles. The van der Waals surface area contributed by atoms with Crippen LogP contribution in [0.5, 0.6) is 0 Å². The summed E-state index contributed by atoms with van der Waals surface area (Å²) in [6.45, 7) is 3.31. The van der Waals surface area contributed by atoms with Crippen molar-refractivity contribution < 1.29 is 14.7 Å². The fraction of sp³-hybridized carbons (Fsp3) is 0.421. The second kappa shape index (κ2) is 6.70. The number of carbonyl (C=O) groups is 2. The van der Waals surface area contributed by atoms with Crippen LogP contribution in [0.25, 0.3) is 0 Å². The summed E-state index contributed by atoms with van der Waals surface area (Å²) in [5.41, 5.74) is 0.911. The van der Waals surface area contributed by atoms with Crippen LogP contribution in [0.15, 0.2) is 36.5 Å². The van der Waals surface area contributed by atoms with Crippen molar-refractivity contribution in [2.45, 2.75) is 51.0 Å². The first-order valence-electron chi connectivity index (χ1n) is 8.58. The molecule has 2 N–H and O–H groups in total. The van der Waals surface area contributed by atoms with Crippen molar-refractivity contribution in [2.75, 3.05) is 5.32 Å². The van der Waals surface area contributed by atoms with Crippen LogP contribution in [0.4, 0.5) is 5.69 Å². The Morgan fingerprint density at radius 2 is 1.80 bits per heavy atom. The lowest BCUT2D eigenvalue weighted by atomic mass is 9.85. The van der Waals surface area contributed by atoms with Gasteiger partial charge in [-0.2, -0.15) is 5.10 Å². The smallest absolute Gasteiger partial charge is 0.313 e. The number of benzene rings is 1. The summed E-state index contributed by atoms with van der Waals surface area (Å²) in [5.74, 6) is -1.08. The Morgan fingerprint density at radius 1 is 1.16 bits per heavy atom. The second-order valence-corrected chi connectivity index (χ2v) is 7.06. The Bertz CT molecular complexity index is 771. The van der Waals surface area contributed by atoms with Crippen LogP contribution in [0.1, 0.15) is 61.6 Å². The molecule has 0 spiro atoms. The minimum Gasteiger partial charge on any atom is -0.481 e. The standard InChI is InChI=1S/C19H23N3O3/c1-19(2,18(24)25)13-7-9-14(10-8-13)21-17(23)16-11-12-20-22(16)15-5-3-4-6-15/h7-12,15H,3-6H2,1-2H3,(H,21,23)(H,24,25). The van der Waals surface area contributed by atoms with Gasteiger partial charge in [0.15, 0.2) is 0 Å². The zero-order chi connectivity index (χ0) is 18.0. The van der Waals surface area contributed by atoms with Gasteiger partial charge in [0.1, 0.15) is 5.69 Å². The molecule has 1 heterocycles. The summed E-state index contributed by atoms with van der Waals surface area (Å²) >= 11 is 0. The third-order valence-corrected chi connectivity index (χ3v) is 4.97. The molecular formula is C19H23N3O3. The fourth-order valence-electron chi connectivity index (χ4n) is 3.22. The van der Waals surface area contributed by atoms with E-state index in [1.54, 1.807) is 50.4 Å². The van der Waals surface area contributed by atoms with E-state index in [-0.39, 0.29) is 5.91 Å². The molecule has 1 aromatic heterocycles. The van der Waals surface area contributed by atoms with Crippen LogP contribution in [0.3, 0.4) is 0 Å². The SMILES string of the molecule is CC(C)(C(=O)O)c1ccc(NC(=O)c2ccnn2C2CCCC2)cc1. The van der Waals surface area contributed by atoms with Gasteiger partial charge in [0.2, 0.25) is 0 Å². The molecule has 0 unspecified atom stereocenters. The van der Waals surface area contributed by atoms with Gasteiger partial charge < -0.3 is 10.4 Å². The largest absolute Gasteiger partial charge is 0.481 e. The van der Waals surface area contributed by atoms with Crippen molar-refractivity contribution in [3.05, 3.63) is 47.8 Å². The third kappa shape index (κ3) is 3.43. The number of rotatable bonds is 5. The molecule has 2 aromatic rings. The first kappa shape index (κ1) is 17.2. The lowest BCUT2D eigenvalue weighted by Crippen LogP contribution is -2.28. The number of aromatic nitrogens is 2. The van der Waals surface area contributed by atoms with Gasteiger partial charge in [0, 0.05) is 11.9 Å². The van der Waals surface area contributed by atoms with Crippen LogP contribution in [-0.4, -0.2) is 26.8 Å².